The normalized spacial score (nSPS) is 21.3. The van der Waals surface area contributed by atoms with Crippen molar-refractivity contribution in [2.75, 3.05) is 13.1 Å². The molecule has 1 amide bonds. The molecule has 0 radical (unpaired) electrons. The molecule has 1 N–H and O–H groups in total. The minimum atomic E-state index is 0.256. The van der Waals surface area contributed by atoms with Gasteiger partial charge in [-0.25, -0.2) is 0 Å². The maximum absolute atomic E-state index is 12.1. The third-order valence-corrected chi connectivity index (χ3v) is 6.28. The van der Waals surface area contributed by atoms with Crippen molar-refractivity contribution in [2.24, 2.45) is 5.92 Å². The number of thiophene rings is 1. The first-order valence-corrected chi connectivity index (χ1v) is 9.66. The Kier molecular flexibility index (Phi) is 5.53. The fourth-order valence-electron chi connectivity index (χ4n) is 3.76. The molecule has 1 atom stereocenters. The molecular weight excluding hydrogens is 292 g/mol. The van der Waals surface area contributed by atoms with Gasteiger partial charge in [-0.15, -0.1) is 11.3 Å². The summed E-state index contributed by atoms with van der Waals surface area (Å²) in [5.74, 6) is 0.888. The Morgan fingerprint density at radius 2 is 2.23 bits per heavy atom. The van der Waals surface area contributed by atoms with Gasteiger partial charge in [-0.2, -0.15) is 0 Å². The average molecular weight is 321 g/mol. The summed E-state index contributed by atoms with van der Waals surface area (Å²) >= 11 is 1.88. The maximum Gasteiger partial charge on any atom is 0.220 e. The molecule has 1 unspecified atom stereocenters. The molecule has 1 fully saturated rings. The predicted octanol–water partition coefficient (Wildman–Crippen LogP) is 3.58. The van der Waals surface area contributed by atoms with Gasteiger partial charge in [0.05, 0.1) is 0 Å². The molecule has 122 valence electrons. The van der Waals surface area contributed by atoms with Crippen molar-refractivity contribution in [1.82, 2.24) is 10.2 Å². The topological polar surface area (TPSA) is 32.3 Å². The predicted molar refractivity (Wildman–Crippen MR) is 92.1 cm³/mol. The van der Waals surface area contributed by atoms with E-state index in [1.165, 1.54) is 37.7 Å². The van der Waals surface area contributed by atoms with E-state index < -0.39 is 0 Å². The van der Waals surface area contributed by atoms with E-state index in [0.29, 0.717) is 12.0 Å². The monoisotopic (exact) mass is 320 g/mol. The molecule has 0 saturated heterocycles. The molecule has 3 rings (SSSR count). The lowest BCUT2D eigenvalue weighted by Gasteiger charge is -2.32. The van der Waals surface area contributed by atoms with Gasteiger partial charge in [0.1, 0.15) is 0 Å². The number of carbonyl (C=O) groups excluding carboxylic acids is 1. The van der Waals surface area contributed by atoms with Crippen LogP contribution in [-0.2, 0) is 17.8 Å². The molecule has 1 aliphatic heterocycles. The van der Waals surface area contributed by atoms with E-state index in [1.807, 2.05) is 11.3 Å². The molecule has 2 heterocycles. The van der Waals surface area contributed by atoms with Gasteiger partial charge in [-0.05, 0) is 49.1 Å². The summed E-state index contributed by atoms with van der Waals surface area (Å²) in [6.07, 6.45) is 8.37. The summed E-state index contributed by atoms with van der Waals surface area (Å²) in [5, 5.41) is 5.37. The Hall–Kier alpha value is -0.870. The first kappa shape index (κ1) is 16.0. The second-order valence-corrected chi connectivity index (χ2v) is 7.95. The zero-order valence-electron chi connectivity index (χ0n) is 13.6. The number of nitrogens with one attached hydrogen (secondary N) is 1. The van der Waals surface area contributed by atoms with Gasteiger partial charge >= 0.3 is 0 Å². The van der Waals surface area contributed by atoms with Crippen LogP contribution in [0.2, 0.25) is 0 Å². The van der Waals surface area contributed by atoms with Crippen LogP contribution in [0.5, 0.6) is 0 Å². The number of carbonyl (C=O) groups is 1. The molecule has 3 nitrogen and oxygen atoms in total. The van der Waals surface area contributed by atoms with E-state index in [1.54, 1.807) is 4.88 Å². The van der Waals surface area contributed by atoms with Crippen LogP contribution in [0.25, 0.3) is 0 Å². The first-order valence-electron chi connectivity index (χ1n) is 8.78. The van der Waals surface area contributed by atoms with Crippen molar-refractivity contribution in [3.05, 3.63) is 21.9 Å². The average Bonchev–Trinajstić information content (AvgIpc) is 3.01. The molecule has 1 aliphatic carbocycles. The van der Waals surface area contributed by atoms with Gasteiger partial charge in [0.15, 0.2) is 0 Å². The van der Waals surface area contributed by atoms with Crippen LogP contribution in [-0.4, -0.2) is 29.9 Å². The standard InChI is InChI=1S/C18H28N2OS/c1-14(20-9-7-17-16(13-20)8-10-22-17)12-19-18(21)11-15-5-3-2-4-6-15/h8,10,14-15H,2-7,9,11-13H2,1H3,(H,19,21). The summed E-state index contributed by atoms with van der Waals surface area (Å²) in [7, 11) is 0. The Labute approximate surface area is 138 Å². The van der Waals surface area contributed by atoms with Crippen LogP contribution in [0.3, 0.4) is 0 Å². The third-order valence-electron chi connectivity index (χ3n) is 5.25. The zero-order chi connectivity index (χ0) is 15.4. The summed E-state index contributed by atoms with van der Waals surface area (Å²) in [4.78, 5) is 16.2. The van der Waals surface area contributed by atoms with E-state index >= 15 is 0 Å². The van der Waals surface area contributed by atoms with Crippen molar-refractivity contribution in [2.45, 2.75) is 64.5 Å². The van der Waals surface area contributed by atoms with Gasteiger partial charge in [-0.1, -0.05) is 19.3 Å². The molecule has 1 saturated carbocycles. The quantitative estimate of drug-likeness (QED) is 0.899. The van der Waals surface area contributed by atoms with Crippen LogP contribution in [0, 0.1) is 5.92 Å². The van der Waals surface area contributed by atoms with Crippen LogP contribution in [0.4, 0.5) is 0 Å². The minimum Gasteiger partial charge on any atom is -0.355 e. The molecule has 2 aliphatic rings. The lowest BCUT2D eigenvalue weighted by molar-refractivity contribution is -0.122. The number of amides is 1. The summed E-state index contributed by atoms with van der Waals surface area (Å²) < 4.78 is 0. The second kappa shape index (κ2) is 7.60. The van der Waals surface area contributed by atoms with Gasteiger partial charge < -0.3 is 5.32 Å². The molecular formula is C18H28N2OS. The Balaban J connectivity index is 1.40. The fraction of sp³-hybridized carbons (Fsp3) is 0.722. The highest BCUT2D eigenvalue weighted by Crippen LogP contribution is 2.26. The van der Waals surface area contributed by atoms with E-state index in [2.05, 4.69) is 28.6 Å². The molecule has 0 aromatic carbocycles. The second-order valence-electron chi connectivity index (χ2n) is 6.95. The van der Waals surface area contributed by atoms with E-state index in [4.69, 9.17) is 0 Å². The number of hydrogen-bond donors (Lipinski definition) is 1. The van der Waals surface area contributed by atoms with Gasteiger partial charge in [0, 0.05) is 37.0 Å². The smallest absolute Gasteiger partial charge is 0.220 e. The lowest BCUT2D eigenvalue weighted by atomic mass is 9.87. The molecule has 0 bridgehead atoms. The minimum absolute atomic E-state index is 0.256. The summed E-state index contributed by atoms with van der Waals surface area (Å²) in [6, 6.07) is 2.67. The third kappa shape index (κ3) is 4.11. The highest BCUT2D eigenvalue weighted by molar-refractivity contribution is 7.10. The maximum atomic E-state index is 12.1. The van der Waals surface area contributed by atoms with E-state index in [0.717, 1.165) is 32.5 Å². The Bertz CT molecular complexity index is 493. The highest BCUT2D eigenvalue weighted by atomic mass is 32.1. The van der Waals surface area contributed by atoms with E-state index in [9.17, 15) is 4.79 Å². The van der Waals surface area contributed by atoms with Gasteiger partial charge in [0.25, 0.3) is 0 Å². The van der Waals surface area contributed by atoms with Crippen molar-refractivity contribution < 1.29 is 4.79 Å². The van der Waals surface area contributed by atoms with Crippen molar-refractivity contribution in [3.8, 4) is 0 Å². The fourth-order valence-corrected chi connectivity index (χ4v) is 4.65. The van der Waals surface area contributed by atoms with Crippen LogP contribution < -0.4 is 5.32 Å². The Morgan fingerprint density at radius 3 is 3.05 bits per heavy atom. The van der Waals surface area contributed by atoms with Crippen LogP contribution in [0.15, 0.2) is 11.4 Å². The zero-order valence-corrected chi connectivity index (χ0v) is 14.5. The molecule has 0 spiro atoms. The van der Waals surface area contributed by atoms with Gasteiger partial charge in [0.2, 0.25) is 5.91 Å². The first-order chi connectivity index (χ1) is 10.7. The number of nitrogens with zero attached hydrogens (tertiary/aromatic N) is 1. The van der Waals surface area contributed by atoms with Crippen LogP contribution >= 0.6 is 11.3 Å². The molecule has 1 aromatic heterocycles. The number of fused-ring (bicyclic) bond motifs is 1. The molecule has 22 heavy (non-hydrogen) atoms. The van der Waals surface area contributed by atoms with Gasteiger partial charge in [-0.3, -0.25) is 9.69 Å². The summed E-state index contributed by atoms with van der Waals surface area (Å²) in [6.45, 7) is 5.18. The summed E-state index contributed by atoms with van der Waals surface area (Å²) in [5.41, 5.74) is 1.48. The van der Waals surface area contributed by atoms with Crippen molar-refractivity contribution >= 4 is 17.2 Å². The molecule has 1 aromatic rings. The Morgan fingerprint density at radius 1 is 1.41 bits per heavy atom. The molecule has 4 heteroatoms. The SMILES string of the molecule is CC(CNC(=O)CC1CCCCC1)N1CCc2sccc2C1. The van der Waals surface area contributed by atoms with Crippen molar-refractivity contribution in [3.63, 3.8) is 0 Å². The lowest BCUT2D eigenvalue weighted by Crippen LogP contribution is -2.44. The largest absolute Gasteiger partial charge is 0.355 e. The number of hydrogen-bond acceptors (Lipinski definition) is 3. The van der Waals surface area contributed by atoms with Crippen LogP contribution in [0.1, 0.15) is 55.9 Å². The highest BCUT2D eigenvalue weighted by Gasteiger charge is 2.22. The van der Waals surface area contributed by atoms with E-state index in [-0.39, 0.29) is 5.91 Å². The number of rotatable bonds is 5. The van der Waals surface area contributed by atoms with Crippen molar-refractivity contribution in [1.29, 1.82) is 0 Å².